The molecule has 2 aromatic rings. The van der Waals surface area contributed by atoms with Crippen LogP contribution in [0.3, 0.4) is 0 Å². The Hall–Kier alpha value is -2.56. The van der Waals surface area contributed by atoms with Gasteiger partial charge in [0.1, 0.15) is 12.4 Å². The molecule has 3 heterocycles. The van der Waals surface area contributed by atoms with Crippen LogP contribution in [0.4, 0.5) is 10.6 Å². The number of aromatic nitrogens is 1. The summed E-state index contributed by atoms with van der Waals surface area (Å²) in [6, 6.07) is 12.1. The van der Waals surface area contributed by atoms with Crippen molar-refractivity contribution in [2.45, 2.75) is 51.7 Å². The van der Waals surface area contributed by atoms with Crippen molar-refractivity contribution in [3.8, 4) is 0 Å². The normalized spacial score (nSPS) is 19.7. The van der Waals surface area contributed by atoms with E-state index >= 15 is 0 Å². The largest absolute Gasteiger partial charge is 0.445 e. The molecule has 2 aliphatic heterocycles. The number of rotatable bonds is 4. The molecular formula is C23H29N3O2. The van der Waals surface area contributed by atoms with Gasteiger partial charge in [0, 0.05) is 25.8 Å². The fraction of sp³-hybridized carbons (Fsp3) is 0.478. The predicted octanol–water partition coefficient (Wildman–Crippen LogP) is 4.85. The van der Waals surface area contributed by atoms with Gasteiger partial charge in [0.05, 0.1) is 6.04 Å². The SMILES string of the molecule is Cc1cc([C@H]2CCCN2C(=O)OCc2ccccc2)cnc1N1CCCCC1. The van der Waals surface area contributed by atoms with E-state index in [4.69, 9.17) is 9.72 Å². The highest BCUT2D eigenvalue weighted by atomic mass is 16.6. The van der Waals surface area contributed by atoms with Crippen LogP contribution in [0, 0.1) is 6.92 Å². The maximum atomic E-state index is 12.7. The van der Waals surface area contributed by atoms with Crippen LogP contribution in [-0.4, -0.2) is 35.6 Å². The molecule has 5 nitrogen and oxygen atoms in total. The molecule has 0 radical (unpaired) electrons. The number of hydrogen-bond acceptors (Lipinski definition) is 4. The minimum atomic E-state index is -0.232. The van der Waals surface area contributed by atoms with Gasteiger partial charge in [-0.05, 0) is 61.8 Å². The molecule has 0 saturated carbocycles. The van der Waals surface area contributed by atoms with Gasteiger partial charge in [-0.15, -0.1) is 0 Å². The van der Waals surface area contributed by atoms with Gasteiger partial charge >= 0.3 is 6.09 Å². The highest BCUT2D eigenvalue weighted by molar-refractivity contribution is 5.69. The van der Waals surface area contributed by atoms with Crippen LogP contribution in [0.15, 0.2) is 42.6 Å². The van der Waals surface area contributed by atoms with Crippen LogP contribution in [0.5, 0.6) is 0 Å². The van der Waals surface area contributed by atoms with Crippen LogP contribution in [0.25, 0.3) is 0 Å². The Balaban J connectivity index is 1.43. The molecule has 28 heavy (non-hydrogen) atoms. The number of aryl methyl sites for hydroxylation is 1. The van der Waals surface area contributed by atoms with Gasteiger partial charge in [0.15, 0.2) is 0 Å². The fourth-order valence-electron chi connectivity index (χ4n) is 4.34. The van der Waals surface area contributed by atoms with Gasteiger partial charge in [0.2, 0.25) is 0 Å². The number of anilines is 1. The smallest absolute Gasteiger partial charge is 0.410 e. The van der Waals surface area contributed by atoms with Crippen LogP contribution >= 0.6 is 0 Å². The lowest BCUT2D eigenvalue weighted by Gasteiger charge is -2.30. The number of nitrogens with zero attached hydrogens (tertiary/aromatic N) is 3. The van der Waals surface area contributed by atoms with Crippen molar-refractivity contribution in [2.24, 2.45) is 0 Å². The number of benzene rings is 1. The predicted molar refractivity (Wildman–Crippen MR) is 110 cm³/mol. The van der Waals surface area contributed by atoms with Gasteiger partial charge in [-0.2, -0.15) is 0 Å². The monoisotopic (exact) mass is 379 g/mol. The molecule has 4 rings (SSSR count). The van der Waals surface area contributed by atoms with Gasteiger partial charge in [-0.3, -0.25) is 0 Å². The molecular weight excluding hydrogens is 350 g/mol. The first-order valence-corrected chi connectivity index (χ1v) is 10.4. The maximum absolute atomic E-state index is 12.7. The summed E-state index contributed by atoms with van der Waals surface area (Å²) in [4.78, 5) is 21.7. The Bertz CT molecular complexity index is 803. The fourth-order valence-corrected chi connectivity index (χ4v) is 4.34. The van der Waals surface area contributed by atoms with E-state index in [0.717, 1.165) is 49.4 Å². The lowest BCUT2D eigenvalue weighted by molar-refractivity contribution is 0.0920. The van der Waals surface area contributed by atoms with Crippen molar-refractivity contribution in [2.75, 3.05) is 24.5 Å². The summed E-state index contributed by atoms with van der Waals surface area (Å²) in [6.07, 6.45) is 7.49. The van der Waals surface area contributed by atoms with E-state index in [2.05, 4.69) is 17.9 Å². The number of ether oxygens (including phenoxy) is 1. The number of likely N-dealkylation sites (tertiary alicyclic amines) is 1. The first kappa shape index (κ1) is 18.8. The van der Waals surface area contributed by atoms with E-state index in [9.17, 15) is 4.79 Å². The van der Waals surface area contributed by atoms with Crippen molar-refractivity contribution in [3.05, 3.63) is 59.3 Å². The first-order chi connectivity index (χ1) is 13.7. The highest BCUT2D eigenvalue weighted by Gasteiger charge is 2.31. The molecule has 0 unspecified atom stereocenters. The number of amides is 1. The number of hydrogen-bond donors (Lipinski definition) is 0. The van der Waals surface area contributed by atoms with E-state index in [1.54, 1.807) is 0 Å². The number of carbonyl (C=O) groups excluding carboxylic acids is 1. The molecule has 0 bridgehead atoms. The van der Waals surface area contributed by atoms with Gasteiger partial charge in [0.25, 0.3) is 0 Å². The number of piperidine rings is 1. The minimum absolute atomic E-state index is 0.0601. The molecule has 0 aliphatic carbocycles. The summed E-state index contributed by atoms with van der Waals surface area (Å²) in [5.41, 5.74) is 3.33. The summed E-state index contributed by atoms with van der Waals surface area (Å²) in [7, 11) is 0. The second-order valence-electron chi connectivity index (χ2n) is 7.85. The van der Waals surface area contributed by atoms with E-state index in [1.807, 2.05) is 41.4 Å². The molecule has 1 amide bonds. The maximum Gasteiger partial charge on any atom is 0.410 e. The van der Waals surface area contributed by atoms with Crippen LogP contribution < -0.4 is 4.90 Å². The van der Waals surface area contributed by atoms with Crippen molar-refractivity contribution in [3.63, 3.8) is 0 Å². The van der Waals surface area contributed by atoms with E-state index in [1.165, 1.54) is 24.8 Å². The molecule has 2 saturated heterocycles. The molecule has 148 valence electrons. The summed E-state index contributed by atoms with van der Waals surface area (Å²) in [6.45, 7) is 5.37. The lowest BCUT2D eigenvalue weighted by atomic mass is 10.0. The Morgan fingerprint density at radius 2 is 1.89 bits per heavy atom. The second-order valence-corrected chi connectivity index (χ2v) is 7.85. The molecule has 2 aliphatic rings. The van der Waals surface area contributed by atoms with E-state index in [0.29, 0.717) is 6.61 Å². The zero-order valence-electron chi connectivity index (χ0n) is 16.6. The Morgan fingerprint density at radius 3 is 2.64 bits per heavy atom. The third-order valence-electron chi connectivity index (χ3n) is 5.80. The van der Waals surface area contributed by atoms with Crippen LogP contribution in [-0.2, 0) is 11.3 Å². The average Bonchev–Trinajstić information content (AvgIpc) is 3.23. The topological polar surface area (TPSA) is 45.7 Å². The zero-order chi connectivity index (χ0) is 19.3. The van der Waals surface area contributed by atoms with Gasteiger partial charge in [-0.25, -0.2) is 9.78 Å². The quantitative estimate of drug-likeness (QED) is 0.761. The third-order valence-corrected chi connectivity index (χ3v) is 5.80. The molecule has 0 spiro atoms. The lowest BCUT2D eigenvalue weighted by Crippen LogP contribution is -2.32. The van der Waals surface area contributed by atoms with Gasteiger partial charge < -0.3 is 14.5 Å². The Labute approximate surface area is 167 Å². The standard InChI is InChI=1S/C23H29N3O2/c1-18-15-20(16-24-22(18)25-12-6-3-7-13-25)21-11-8-14-26(21)23(27)28-17-19-9-4-2-5-10-19/h2,4-5,9-10,15-16,21H,3,6-8,11-14,17H2,1H3/t21-/m1/s1. The minimum Gasteiger partial charge on any atom is -0.445 e. The van der Waals surface area contributed by atoms with Gasteiger partial charge in [-0.1, -0.05) is 30.3 Å². The Kier molecular flexibility index (Phi) is 5.79. The molecule has 1 aromatic carbocycles. The van der Waals surface area contributed by atoms with Crippen LogP contribution in [0.2, 0.25) is 0 Å². The highest BCUT2D eigenvalue weighted by Crippen LogP contribution is 2.34. The van der Waals surface area contributed by atoms with Crippen molar-refractivity contribution in [1.82, 2.24) is 9.88 Å². The first-order valence-electron chi connectivity index (χ1n) is 10.4. The summed E-state index contributed by atoms with van der Waals surface area (Å²) in [5, 5.41) is 0. The third kappa shape index (κ3) is 4.13. The molecule has 5 heteroatoms. The molecule has 0 N–H and O–H groups in total. The Morgan fingerprint density at radius 1 is 1.11 bits per heavy atom. The summed E-state index contributed by atoms with van der Waals surface area (Å²) < 4.78 is 5.57. The van der Waals surface area contributed by atoms with Crippen molar-refractivity contribution >= 4 is 11.9 Å². The second kappa shape index (κ2) is 8.63. The summed E-state index contributed by atoms with van der Waals surface area (Å²) in [5.74, 6) is 1.10. The average molecular weight is 380 g/mol. The number of carbonyl (C=O) groups is 1. The molecule has 1 aromatic heterocycles. The van der Waals surface area contributed by atoms with Crippen LogP contribution in [0.1, 0.15) is 54.8 Å². The molecule has 2 fully saturated rings. The van der Waals surface area contributed by atoms with Crippen molar-refractivity contribution < 1.29 is 9.53 Å². The van der Waals surface area contributed by atoms with E-state index < -0.39 is 0 Å². The van der Waals surface area contributed by atoms with Crippen molar-refractivity contribution in [1.29, 1.82) is 0 Å². The zero-order valence-corrected chi connectivity index (χ0v) is 16.6. The molecule has 1 atom stereocenters. The number of pyridine rings is 1. The summed E-state index contributed by atoms with van der Waals surface area (Å²) >= 11 is 0. The van der Waals surface area contributed by atoms with E-state index in [-0.39, 0.29) is 12.1 Å².